The van der Waals surface area contributed by atoms with Crippen molar-refractivity contribution in [3.05, 3.63) is 57.6 Å². The Bertz CT molecular complexity index is 719. The topological polar surface area (TPSA) is 47.6 Å². The molecule has 0 aliphatic rings. The van der Waals surface area contributed by atoms with Crippen LogP contribution < -0.4 is 14.8 Å². The quantitative estimate of drug-likeness (QED) is 0.795. The normalized spacial score (nSPS) is 10.3. The number of amides is 1. The molecular weight excluding hydrogens is 349 g/mol. The van der Waals surface area contributed by atoms with Crippen LogP contribution in [0, 0.1) is 0 Å². The van der Waals surface area contributed by atoms with E-state index in [1.807, 2.05) is 24.3 Å². The maximum Gasteiger partial charge on any atom is 0.220 e. The van der Waals surface area contributed by atoms with Crippen molar-refractivity contribution in [2.24, 2.45) is 0 Å². The maximum absolute atomic E-state index is 12.0. The minimum Gasteiger partial charge on any atom is -0.493 e. The highest BCUT2D eigenvalue weighted by Crippen LogP contribution is 2.33. The van der Waals surface area contributed by atoms with Crippen molar-refractivity contribution in [3.8, 4) is 11.5 Å². The van der Waals surface area contributed by atoms with Crippen LogP contribution in [0.5, 0.6) is 11.5 Å². The van der Waals surface area contributed by atoms with Crippen molar-refractivity contribution in [2.45, 2.75) is 19.4 Å². The van der Waals surface area contributed by atoms with E-state index in [0.29, 0.717) is 40.9 Å². The molecule has 2 aromatic rings. The zero-order valence-electron chi connectivity index (χ0n) is 13.6. The predicted octanol–water partition coefficient (Wildman–Crippen LogP) is 4.26. The molecule has 0 saturated carbocycles. The van der Waals surface area contributed by atoms with Crippen LogP contribution in [0.15, 0.2) is 36.4 Å². The highest BCUT2D eigenvalue weighted by Gasteiger charge is 2.11. The zero-order chi connectivity index (χ0) is 17.5. The minimum atomic E-state index is -0.0687. The third-order valence-corrected chi connectivity index (χ3v) is 4.33. The Hall–Kier alpha value is -1.91. The molecule has 0 aliphatic heterocycles. The Morgan fingerprint density at radius 1 is 1.00 bits per heavy atom. The van der Waals surface area contributed by atoms with Crippen LogP contribution in [0.4, 0.5) is 0 Å². The van der Waals surface area contributed by atoms with Gasteiger partial charge >= 0.3 is 0 Å². The standard InChI is InChI=1S/C18H19Cl2NO3/c1-23-16-9-13(15(20)10-17(16)24-2)11-21-18(22)8-7-12-5-3-4-6-14(12)19/h3-6,9-10H,7-8,11H2,1-2H3,(H,21,22). The van der Waals surface area contributed by atoms with Gasteiger partial charge in [0, 0.05) is 29.1 Å². The Morgan fingerprint density at radius 2 is 1.67 bits per heavy atom. The van der Waals surface area contributed by atoms with E-state index in [2.05, 4.69) is 5.32 Å². The van der Waals surface area contributed by atoms with Crippen molar-refractivity contribution in [1.82, 2.24) is 5.32 Å². The van der Waals surface area contributed by atoms with E-state index < -0.39 is 0 Å². The molecule has 0 saturated heterocycles. The first-order valence-electron chi connectivity index (χ1n) is 7.45. The first-order chi connectivity index (χ1) is 11.5. The summed E-state index contributed by atoms with van der Waals surface area (Å²) in [5.74, 6) is 1.05. The maximum atomic E-state index is 12.0. The average Bonchev–Trinajstić information content (AvgIpc) is 2.59. The van der Waals surface area contributed by atoms with E-state index in [0.717, 1.165) is 11.1 Å². The van der Waals surface area contributed by atoms with Crippen molar-refractivity contribution >= 4 is 29.1 Å². The molecule has 1 amide bonds. The number of aryl methyl sites for hydroxylation is 1. The van der Waals surface area contributed by atoms with Gasteiger partial charge in [-0.05, 0) is 29.7 Å². The largest absolute Gasteiger partial charge is 0.493 e. The summed E-state index contributed by atoms with van der Waals surface area (Å²) >= 11 is 12.3. The number of hydrogen-bond acceptors (Lipinski definition) is 3. The lowest BCUT2D eigenvalue weighted by Crippen LogP contribution is -2.23. The SMILES string of the molecule is COc1cc(Cl)c(CNC(=O)CCc2ccccc2Cl)cc1OC. The Balaban J connectivity index is 1.93. The third-order valence-electron chi connectivity index (χ3n) is 3.61. The van der Waals surface area contributed by atoms with E-state index in [9.17, 15) is 4.79 Å². The second-order valence-corrected chi connectivity index (χ2v) is 5.98. The summed E-state index contributed by atoms with van der Waals surface area (Å²) < 4.78 is 10.4. The second-order valence-electron chi connectivity index (χ2n) is 5.17. The molecular formula is C18H19Cl2NO3. The van der Waals surface area contributed by atoms with Crippen LogP contribution in [0.25, 0.3) is 0 Å². The van der Waals surface area contributed by atoms with Gasteiger partial charge in [0.25, 0.3) is 0 Å². The van der Waals surface area contributed by atoms with E-state index in [1.54, 1.807) is 26.4 Å². The summed E-state index contributed by atoms with van der Waals surface area (Å²) in [5.41, 5.74) is 1.72. The molecule has 4 nitrogen and oxygen atoms in total. The lowest BCUT2D eigenvalue weighted by Gasteiger charge is -2.12. The highest BCUT2D eigenvalue weighted by atomic mass is 35.5. The summed E-state index contributed by atoms with van der Waals surface area (Å²) in [6, 6.07) is 10.9. The van der Waals surface area contributed by atoms with Gasteiger partial charge in [0.05, 0.1) is 14.2 Å². The van der Waals surface area contributed by atoms with E-state index >= 15 is 0 Å². The fourth-order valence-electron chi connectivity index (χ4n) is 2.26. The van der Waals surface area contributed by atoms with Crippen LogP contribution in [0.2, 0.25) is 10.0 Å². The van der Waals surface area contributed by atoms with Crippen LogP contribution >= 0.6 is 23.2 Å². The van der Waals surface area contributed by atoms with Crippen molar-refractivity contribution in [2.75, 3.05) is 14.2 Å². The van der Waals surface area contributed by atoms with Crippen LogP contribution in [-0.4, -0.2) is 20.1 Å². The smallest absolute Gasteiger partial charge is 0.220 e. The summed E-state index contributed by atoms with van der Waals surface area (Å²) in [6.45, 7) is 0.320. The second kappa shape index (κ2) is 8.81. The van der Waals surface area contributed by atoms with Gasteiger partial charge in [0.2, 0.25) is 5.91 Å². The predicted molar refractivity (Wildman–Crippen MR) is 96.2 cm³/mol. The molecule has 0 bridgehead atoms. The summed E-state index contributed by atoms with van der Waals surface area (Å²) in [5, 5.41) is 4.04. The van der Waals surface area contributed by atoms with Gasteiger partial charge in [-0.2, -0.15) is 0 Å². The lowest BCUT2D eigenvalue weighted by atomic mass is 10.1. The molecule has 2 rings (SSSR count). The Morgan fingerprint density at radius 3 is 2.33 bits per heavy atom. The summed E-state index contributed by atoms with van der Waals surface area (Å²) in [7, 11) is 3.10. The molecule has 2 aromatic carbocycles. The Kier molecular flexibility index (Phi) is 6.76. The molecule has 1 N–H and O–H groups in total. The number of ether oxygens (including phenoxy) is 2. The highest BCUT2D eigenvalue weighted by molar-refractivity contribution is 6.31. The number of carbonyl (C=O) groups is 1. The molecule has 128 valence electrons. The number of halogens is 2. The van der Waals surface area contributed by atoms with Crippen molar-refractivity contribution in [1.29, 1.82) is 0 Å². The van der Waals surface area contributed by atoms with E-state index in [4.69, 9.17) is 32.7 Å². The van der Waals surface area contributed by atoms with Crippen LogP contribution in [-0.2, 0) is 17.8 Å². The minimum absolute atomic E-state index is 0.0687. The number of benzene rings is 2. The van der Waals surface area contributed by atoms with Gasteiger partial charge in [0.1, 0.15) is 0 Å². The molecule has 0 aromatic heterocycles. The zero-order valence-corrected chi connectivity index (χ0v) is 15.1. The molecule has 0 heterocycles. The number of carbonyl (C=O) groups excluding carboxylic acids is 1. The molecule has 6 heteroatoms. The number of methoxy groups -OCH3 is 2. The van der Waals surface area contributed by atoms with Gasteiger partial charge in [-0.25, -0.2) is 0 Å². The monoisotopic (exact) mass is 367 g/mol. The first kappa shape index (κ1) is 18.4. The fourth-order valence-corrected chi connectivity index (χ4v) is 2.71. The molecule has 0 radical (unpaired) electrons. The van der Waals surface area contributed by atoms with Gasteiger partial charge in [-0.15, -0.1) is 0 Å². The lowest BCUT2D eigenvalue weighted by molar-refractivity contribution is -0.121. The van der Waals surface area contributed by atoms with Crippen LogP contribution in [0.3, 0.4) is 0 Å². The molecule has 24 heavy (non-hydrogen) atoms. The summed E-state index contributed by atoms with van der Waals surface area (Å²) in [6.07, 6.45) is 0.944. The van der Waals surface area contributed by atoms with Crippen LogP contribution in [0.1, 0.15) is 17.5 Å². The molecule has 0 fully saturated rings. The molecule has 0 unspecified atom stereocenters. The first-order valence-corrected chi connectivity index (χ1v) is 8.21. The van der Waals surface area contributed by atoms with Crippen molar-refractivity contribution < 1.29 is 14.3 Å². The average molecular weight is 368 g/mol. The van der Waals surface area contributed by atoms with Crippen molar-refractivity contribution in [3.63, 3.8) is 0 Å². The fraction of sp³-hybridized carbons (Fsp3) is 0.278. The van der Waals surface area contributed by atoms with E-state index in [1.165, 1.54) is 0 Å². The Labute approximate surface area is 151 Å². The van der Waals surface area contributed by atoms with E-state index in [-0.39, 0.29) is 5.91 Å². The van der Waals surface area contributed by atoms with Gasteiger partial charge in [-0.1, -0.05) is 41.4 Å². The molecule has 0 atom stereocenters. The van der Waals surface area contributed by atoms with Gasteiger partial charge in [-0.3, -0.25) is 4.79 Å². The van der Waals surface area contributed by atoms with Gasteiger partial charge in [0.15, 0.2) is 11.5 Å². The molecule has 0 aliphatic carbocycles. The number of nitrogens with one attached hydrogen (secondary N) is 1. The van der Waals surface area contributed by atoms with Gasteiger partial charge < -0.3 is 14.8 Å². The number of rotatable bonds is 7. The summed E-state index contributed by atoms with van der Waals surface area (Å²) in [4.78, 5) is 12.0. The number of hydrogen-bond donors (Lipinski definition) is 1. The third kappa shape index (κ3) is 4.79. The molecule has 0 spiro atoms.